The Labute approximate surface area is 119 Å². The fourth-order valence-corrected chi connectivity index (χ4v) is 2.69. The van der Waals surface area contributed by atoms with Crippen molar-refractivity contribution in [3.8, 4) is 0 Å². The number of H-pyrrole nitrogens is 1. The van der Waals surface area contributed by atoms with Crippen LogP contribution < -0.4 is 5.32 Å². The Hall–Kier alpha value is -1.72. The molecule has 0 unspecified atom stereocenters. The second-order valence-electron chi connectivity index (χ2n) is 5.35. The SMILES string of the molecule is c1ccc(CN2CCC(NCc3ncn[nH]3)CC2)cc1. The van der Waals surface area contributed by atoms with Crippen molar-refractivity contribution in [1.29, 1.82) is 0 Å². The van der Waals surface area contributed by atoms with Gasteiger partial charge in [0.15, 0.2) is 0 Å². The molecule has 1 aromatic carbocycles. The van der Waals surface area contributed by atoms with Crippen molar-refractivity contribution >= 4 is 0 Å². The Balaban J connectivity index is 1.40. The Morgan fingerprint density at radius 3 is 2.70 bits per heavy atom. The van der Waals surface area contributed by atoms with Crippen molar-refractivity contribution in [3.63, 3.8) is 0 Å². The smallest absolute Gasteiger partial charge is 0.138 e. The minimum atomic E-state index is 0.590. The second kappa shape index (κ2) is 6.63. The van der Waals surface area contributed by atoms with Crippen molar-refractivity contribution in [1.82, 2.24) is 25.4 Å². The third-order valence-electron chi connectivity index (χ3n) is 3.86. The van der Waals surface area contributed by atoms with Crippen LogP contribution in [0.4, 0.5) is 0 Å². The van der Waals surface area contributed by atoms with Crippen LogP contribution in [-0.4, -0.2) is 39.2 Å². The van der Waals surface area contributed by atoms with Gasteiger partial charge < -0.3 is 5.32 Å². The summed E-state index contributed by atoms with van der Waals surface area (Å²) in [6.07, 6.45) is 3.95. The number of nitrogens with zero attached hydrogens (tertiary/aromatic N) is 3. The maximum atomic E-state index is 4.13. The first-order valence-electron chi connectivity index (χ1n) is 7.24. The molecule has 1 aliphatic heterocycles. The molecule has 0 spiro atoms. The summed E-state index contributed by atoms with van der Waals surface area (Å²) in [4.78, 5) is 6.66. The van der Waals surface area contributed by atoms with Crippen LogP contribution in [0.15, 0.2) is 36.7 Å². The summed E-state index contributed by atoms with van der Waals surface area (Å²) in [5.41, 5.74) is 1.40. The topological polar surface area (TPSA) is 56.8 Å². The Kier molecular flexibility index (Phi) is 4.40. The number of benzene rings is 1. The zero-order chi connectivity index (χ0) is 13.6. The molecular formula is C15H21N5. The molecule has 1 fully saturated rings. The van der Waals surface area contributed by atoms with Crippen molar-refractivity contribution < 1.29 is 0 Å². The third kappa shape index (κ3) is 3.65. The molecule has 2 N–H and O–H groups in total. The van der Waals surface area contributed by atoms with Crippen LogP contribution in [0, 0.1) is 0 Å². The number of aromatic nitrogens is 3. The van der Waals surface area contributed by atoms with Gasteiger partial charge in [0, 0.05) is 12.6 Å². The summed E-state index contributed by atoms with van der Waals surface area (Å²) in [7, 11) is 0. The van der Waals surface area contributed by atoms with E-state index in [0.717, 1.165) is 32.0 Å². The van der Waals surface area contributed by atoms with Crippen LogP contribution >= 0.6 is 0 Å². The van der Waals surface area contributed by atoms with Crippen molar-refractivity contribution in [2.24, 2.45) is 0 Å². The highest BCUT2D eigenvalue weighted by Gasteiger charge is 2.18. The molecule has 5 heteroatoms. The normalized spacial score (nSPS) is 17.4. The first-order valence-corrected chi connectivity index (χ1v) is 7.24. The Bertz CT molecular complexity index is 488. The lowest BCUT2D eigenvalue weighted by molar-refractivity contribution is 0.189. The van der Waals surface area contributed by atoms with Gasteiger partial charge in [0.05, 0.1) is 6.54 Å². The van der Waals surface area contributed by atoms with E-state index in [-0.39, 0.29) is 0 Å². The molecule has 2 heterocycles. The van der Waals surface area contributed by atoms with E-state index in [9.17, 15) is 0 Å². The number of hydrogen-bond acceptors (Lipinski definition) is 4. The van der Waals surface area contributed by atoms with Crippen LogP contribution in [0.1, 0.15) is 24.2 Å². The first kappa shape index (κ1) is 13.3. The molecule has 0 saturated carbocycles. The highest BCUT2D eigenvalue weighted by Crippen LogP contribution is 2.14. The van der Waals surface area contributed by atoms with Gasteiger partial charge in [0.1, 0.15) is 12.2 Å². The van der Waals surface area contributed by atoms with Gasteiger partial charge in [-0.2, -0.15) is 5.10 Å². The molecular weight excluding hydrogens is 250 g/mol. The summed E-state index contributed by atoms with van der Waals surface area (Å²) >= 11 is 0. The molecule has 0 amide bonds. The van der Waals surface area contributed by atoms with Crippen molar-refractivity contribution in [3.05, 3.63) is 48.0 Å². The Morgan fingerprint density at radius 1 is 1.20 bits per heavy atom. The van der Waals surface area contributed by atoms with E-state index in [1.54, 1.807) is 6.33 Å². The van der Waals surface area contributed by atoms with Gasteiger partial charge in [-0.25, -0.2) is 4.98 Å². The lowest BCUT2D eigenvalue weighted by Gasteiger charge is -2.32. The van der Waals surface area contributed by atoms with Crippen LogP contribution in [0.3, 0.4) is 0 Å². The molecule has 1 aromatic heterocycles. The average Bonchev–Trinajstić information content (AvgIpc) is 3.01. The fraction of sp³-hybridized carbons (Fsp3) is 0.467. The highest BCUT2D eigenvalue weighted by molar-refractivity contribution is 5.14. The summed E-state index contributed by atoms with van der Waals surface area (Å²) in [5.74, 6) is 0.914. The van der Waals surface area contributed by atoms with Crippen LogP contribution in [0.5, 0.6) is 0 Å². The zero-order valence-electron chi connectivity index (χ0n) is 11.6. The molecule has 2 aromatic rings. The zero-order valence-corrected chi connectivity index (χ0v) is 11.6. The van der Waals surface area contributed by atoms with Crippen molar-refractivity contribution in [2.75, 3.05) is 13.1 Å². The molecule has 0 atom stereocenters. The molecule has 0 radical (unpaired) electrons. The van der Waals surface area contributed by atoms with Gasteiger partial charge in [-0.15, -0.1) is 0 Å². The average molecular weight is 271 g/mol. The summed E-state index contributed by atoms with van der Waals surface area (Å²) in [6, 6.07) is 11.3. The highest BCUT2D eigenvalue weighted by atomic mass is 15.2. The van der Waals surface area contributed by atoms with E-state index in [1.807, 2.05) is 0 Å². The summed E-state index contributed by atoms with van der Waals surface area (Å²) in [5, 5.41) is 10.3. The number of hydrogen-bond donors (Lipinski definition) is 2. The van der Waals surface area contributed by atoms with Gasteiger partial charge in [-0.1, -0.05) is 30.3 Å². The molecule has 0 bridgehead atoms. The van der Waals surface area contributed by atoms with Crippen LogP contribution in [0.2, 0.25) is 0 Å². The summed E-state index contributed by atoms with van der Waals surface area (Å²) in [6.45, 7) is 4.16. The predicted octanol–water partition coefficient (Wildman–Crippen LogP) is 1.56. The standard InChI is InChI=1S/C15H21N5/c1-2-4-13(5-3-1)11-20-8-6-14(7-9-20)16-10-15-17-12-18-19-15/h1-5,12,14,16H,6-11H2,(H,17,18,19). The molecule has 0 aliphatic carbocycles. The van der Waals surface area contributed by atoms with Gasteiger partial charge in [-0.3, -0.25) is 10.00 Å². The molecule has 5 nitrogen and oxygen atoms in total. The molecule has 20 heavy (non-hydrogen) atoms. The monoisotopic (exact) mass is 271 g/mol. The molecule has 1 saturated heterocycles. The molecule has 106 valence electrons. The van der Waals surface area contributed by atoms with Gasteiger partial charge in [0.25, 0.3) is 0 Å². The van der Waals surface area contributed by atoms with Gasteiger partial charge in [0.2, 0.25) is 0 Å². The third-order valence-corrected chi connectivity index (χ3v) is 3.86. The van der Waals surface area contributed by atoms with Gasteiger partial charge in [-0.05, 0) is 31.5 Å². The quantitative estimate of drug-likeness (QED) is 0.866. The Morgan fingerprint density at radius 2 is 2.00 bits per heavy atom. The van der Waals surface area contributed by atoms with E-state index < -0.39 is 0 Å². The van der Waals surface area contributed by atoms with E-state index in [0.29, 0.717) is 6.04 Å². The maximum Gasteiger partial charge on any atom is 0.138 e. The minimum absolute atomic E-state index is 0.590. The minimum Gasteiger partial charge on any atom is -0.307 e. The van der Waals surface area contributed by atoms with E-state index in [1.165, 1.54) is 18.4 Å². The molecule has 3 rings (SSSR count). The second-order valence-corrected chi connectivity index (χ2v) is 5.35. The number of aromatic amines is 1. The van der Waals surface area contributed by atoms with E-state index in [4.69, 9.17) is 0 Å². The van der Waals surface area contributed by atoms with E-state index in [2.05, 4.69) is 55.7 Å². The number of nitrogens with one attached hydrogen (secondary N) is 2. The molecule has 1 aliphatic rings. The largest absolute Gasteiger partial charge is 0.307 e. The number of piperidine rings is 1. The lowest BCUT2D eigenvalue weighted by Crippen LogP contribution is -2.42. The van der Waals surface area contributed by atoms with Crippen LogP contribution in [0.25, 0.3) is 0 Å². The lowest BCUT2D eigenvalue weighted by atomic mass is 10.0. The number of rotatable bonds is 5. The summed E-state index contributed by atoms with van der Waals surface area (Å²) < 4.78 is 0. The van der Waals surface area contributed by atoms with Crippen molar-refractivity contribution in [2.45, 2.75) is 32.0 Å². The fourth-order valence-electron chi connectivity index (χ4n) is 2.69. The van der Waals surface area contributed by atoms with Crippen LogP contribution in [-0.2, 0) is 13.1 Å². The first-order chi connectivity index (χ1) is 9.90. The predicted molar refractivity (Wildman–Crippen MR) is 78.0 cm³/mol. The van der Waals surface area contributed by atoms with Gasteiger partial charge >= 0.3 is 0 Å². The number of likely N-dealkylation sites (tertiary alicyclic amines) is 1. The van der Waals surface area contributed by atoms with E-state index >= 15 is 0 Å². The maximum absolute atomic E-state index is 4.13.